The van der Waals surface area contributed by atoms with Crippen LogP contribution in [0.25, 0.3) is 0 Å². The Morgan fingerprint density at radius 2 is 1.85 bits per heavy atom. The minimum absolute atomic E-state index is 0.0132. The fraction of sp³-hybridized carbons (Fsp3) is 0.312. The minimum Gasteiger partial charge on any atom is -0.494 e. The molecule has 0 saturated carbocycles. The number of nitrogens with zero attached hydrogens (tertiary/aromatic N) is 1. The summed E-state index contributed by atoms with van der Waals surface area (Å²) in [4.78, 5) is 13.0. The van der Waals surface area contributed by atoms with E-state index in [2.05, 4.69) is 26.8 Å². The highest BCUT2D eigenvalue weighted by Gasteiger charge is 2.31. The molecule has 3 aromatic rings. The Morgan fingerprint density at radius 3 is 2.62 bits per heavy atom. The van der Waals surface area contributed by atoms with Crippen LogP contribution in [-0.4, -0.2) is 19.2 Å². The van der Waals surface area contributed by atoms with Crippen molar-refractivity contribution in [3.05, 3.63) is 94.9 Å². The van der Waals surface area contributed by atoms with Crippen molar-refractivity contribution >= 4 is 5.97 Å². The molecule has 1 atom stereocenters. The highest BCUT2D eigenvalue weighted by molar-refractivity contribution is 5.94. The van der Waals surface area contributed by atoms with Crippen LogP contribution < -0.4 is 24.7 Å². The number of rotatable bonds is 11. The number of hydrogen-bond donors (Lipinski definition) is 1. The molecule has 1 aliphatic rings. The van der Waals surface area contributed by atoms with Crippen LogP contribution in [0.1, 0.15) is 67.4 Å². The lowest BCUT2D eigenvalue weighted by Gasteiger charge is -2.27. The Morgan fingerprint density at radius 1 is 1.03 bits per heavy atom. The first-order valence-electron chi connectivity index (χ1n) is 13.3. The van der Waals surface area contributed by atoms with E-state index in [0.717, 1.165) is 36.1 Å². The van der Waals surface area contributed by atoms with Gasteiger partial charge in [-0.25, -0.2) is 4.79 Å². The van der Waals surface area contributed by atoms with Crippen molar-refractivity contribution in [1.82, 2.24) is 0 Å². The number of carbonyl (C=O) groups is 1. The van der Waals surface area contributed by atoms with Crippen molar-refractivity contribution in [1.29, 1.82) is 5.26 Å². The quantitative estimate of drug-likeness (QED) is 0.168. The summed E-state index contributed by atoms with van der Waals surface area (Å²) < 4.78 is 23.2. The molecule has 202 valence electrons. The number of nitriles is 1. The van der Waals surface area contributed by atoms with E-state index in [0.29, 0.717) is 47.5 Å². The SMILES string of the molecule is CCCCOc1ccccc1C(=O)Oc1ccc2c(c1)OC(N)=C(C#N)C2c1cccc(OCCC(C)C)c1. The molecule has 2 N–H and O–H groups in total. The number of allylic oxidation sites excluding steroid dienone is 1. The van der Waals surface area contributed by atoms with Crippen molar-refractivity contribution in [2.45, 2.75) is 46.0 Å². The van der Waals surface area contributed by atoms with Gasteiger partial charge in [0, 0.05) is 11.6 Å². The Hall–Kier alpha value is -4.44. The number of hydrogen-bond acceptors (Lipinski definition) is 7. The van der Waals surface area contributed by atoms with E-state index in [1.54, 1.807) is 36.4 Å². The Labute approximate surface area is 229 Å². The van der Waals surface area contributed by atoms with E-state index in [1.165, 1.54) is 0 Å². The number of unbranched alkanes of at least 4 members (excludes halogenated alkanes) is 1. The summed E-state index contributed by atoms with van der Waals surface area (Å²) in [5.41, 5.74) is 8.42. The van der Waals surface area contributed by atoms with Crippen LogP contribution in [0.15, 0.2) is 78.2 Å². The zero-order valence-corrected chi connectivity index (χ0v) is 22.6. The van der Waals surface area contributed by atoms with Gasteiger partial charge in [-0.2, -0.15) is 5.26 Å². The summed E-state index contributed by atoms with van der Waals surface area (Å²) in [6.45, 7) is 7.50. The number of carbonyl (C=O) groups excluding carboxylic acids is 1. The second-order valence-electron chi connectivity index (χ2n) is 9.82. The minimum atomic E-state index is -0.540. The third kappa shape index (κ3) is 6.71. The van der Waals surface area contributed by atoms with Gasteiger partial charge in [0.2, 0.25) is 5.88 Å². The molecule has 4 rings (SSSR count). The normalized spacial score (nSPS) is 14.3. The maximum absolute atomic E-state index is 13.0. The van der Waals surface area contributed by atoms with Gasteiger partial charge < -0.3 is 24.7 Å². The lowest BCUT2D eigenvalue weighted by Crippen LogP contribution is -2.21. The molecule has 0 fully saturated rings. The third-order valence-corrected chi connectivity index (χ3v) is 6.42. The number of benzene rings is 3. The van der Waals surface area contributed by atoms with Crippen LogP contribution in [0.5, 0.6) is 23.0 Å². The van der Waals surface area contributed by atoms with Crippen molar-refractivity contribution in [3.63, 3.8) is 0 Å². The van der Waals surface area contributed by atoms with Crippen LogP contribution >= 0.6 is 0 Å². The van der Waals surface area contributed by atoms with E-state index < -0.39 is 11.9 Å². The van der Waals surface area contributed by atoms with Gasteiger partial charge in [0.05, 0.1) is 19.1 Å². The van der Waals surface area contributed by atoms with Gasteiger partial charge in [-0.3, -0.25) is 0 Å². The highest BCUT2D eigenvalue weighted by Crippen LogP contribution is 2.44. The lowest BCUT2D eigenvalue weighted by molar-refractivity contribution is 0.0730. The molecule has 0 saturated heterocycles. The van der Waals surface area contributed by atoms with Gasteiger partial charge >= 0.3 is 5.97 Å². The van der Waals surface area contributed by atoms with Gasteiger partial charge in [-0.05, 0) is 54.7 Å². The molecule has 7 heteroatoms. The number of esters is 1. The number of ether oxygens (including phenoxy) is 4. The van der Waals surface area contributed by atoms with Crippen LogP contribution in [-0.2, 0) is 0 Å². The molecule has 0 bridgehead atoms. The largest absolute Gasteiger partial charge is 0.494 e. The molecule has 0 amide bonds. The topological polar surface area (TPSA) is 104 Å². The monoisotopic (exact) mass is 526 g/mol. The molecular weight excluding hydrogens is 492 g/mol. The molecule has 1 aliphatic heterocycles. The van der Waals surface area contributed by atoms with Crippen LogP contribution in [0.3, 0.4) is 0 Å². The second kappa shape index (κ2) is 12.9. The number of nitrogens with two attached hydrogens (primary N) is 1. The molecule has 7 nitrogen and oxygen atoms in total. The summed E-state index contributed by atoms with van der Waals surface area (Å²) >= 11 is 0. The predicted molar refractivity (Wildman–Crippen MR) is 149 cm³/mol. The van der Waals surface area contributed by atoms with Gasteiger partial charge in [-0.1, -0.05) is 57.5 Å². The van der Waals surface area contributed by atoms with E-state index in [1.807, 2.05) is 30.3 Å². The van der Waals surface area contributed by atoms with Gasteiger partial charge in [-0.15, -0.1) is 0 Å². The van der Waals surface area contributed by atoms with E-state index in [9.17, 15) is 10.1 Å². The van der Waals surface area contributed by atoms with Gasteiger partial charge in [0.15, 0.2) is 0 Å². The Bertz CT molecular complexity index is 1390. The summed E-state index contributed by atoms with van der Waals surface area (Å²) in [5.74, 6) is 1.47. The summed E-state index contributed by atoms with van der Waals surface area (Å²) in [7, 11) is 0. The average molecular weight is 527 g/mol. The molecule has 1 unspecified atom stereocenters. The molecule has 0 spiro atoms. The number of fused-ring (bicyclic) bond motifs is 1. The molecule has 3 aromatic carbocycles. The molecule has 0 aromatic heterocycles. The lowest BCUT2D eigenvalue weighted by atomic mass is 9.83. The van der Waals surface area contributed by atoms with E-state index in [4.69, 9.17) is 24.7 Å². The van der Waals surface area contributed by atoms with Crippen LogP contribution in [0, 0.1) is 17.2 Å². The average Bonchev–Trinajstić information content (AvgIpc) is 2.92. The molecule has 0 radical (unpaired) electrons. The van der Waals surface area contributed by atoms with Crippen LogP contribution in [0.2, 0.25) is 0 Å². The zero-order valence-electron chi connectivity index (χ0n) is 22.6. The fourth-order valence-electron chi connectivity index (χ4n) is 4.29. The molecular formula is C32H34N2O5. The smallest absolute Gasteiger partial charge is 0.347 e. The molecule has 39 heavy (non-hydrogen) atoms. The first-order valence-corrected chi connectivity index (χ1v) is 13.3. The fourth-order valence-corrected chi connectivity index (χ4v) is 4.29. The maximum atomic E-state index is 13.0. The van der Waals surface area contributed by atoms with Crippen molar-refractivity contribution in [2.24, 2.45) is 11.7 Å². The Kier molecular flexibility index (Phi) is 9.11. The van der Waals surface area contributed by atoms with Crippen LogP contribution in [0.4, 0.5) is 0 Å². The first kappa shape index (κ1) is 27.6. The first-order chi connectivity index (χ1) is 18.9. The molecule has 0 aliphatic carbocycles. The van der Waals surface area contributed by atoms with Gasteiger partial charge in [0.25, 0.3) is 0 Å². The summed E-state index contributed by atoms with van der Waals surface area (Å²) in [5, 5.41) is 9.91. The molecule has 1 heterocycles. The van der Waals surface area contributed by atoms with Crippen molar-refractivity contribution in [2.75, 3.05) is 13.2 Å². The van der Waals surface area contributed by atoms with E-state index >= 15 is 0 Å². The predicted octanol–water partition coefficient (Wildman–Crippen LogP) is 6.73. The second-order valence-corrected chi connectivity index (χ2v) is 9.82. The number of para-hydroxylation sites is 1. The maximum Gasteiger partial charge on any atom is 0.347 e. The summed E-state index contributed by atoms with van der Waals surface area (Å²) in [6.07, 6.45) is 2.82. The van der Waals surface area contributed by atoms with Crippen molar-refractivity contribution in [3.8, 4) is 29.1 Å². The summed E-state index contributed by atoms with van der Waals surface area (Å²) in [6, 6.07) is 22.0. The van der Waals surface area contributed by atoms with Gasteiger partial charge in [0.1, 0.15) is 40.2 Å². The van der Waals surface area contributed by atoms with Crippen molar-refractivity contribution < 1.29 is 23.7 Å². The van der Waals surface area contributed by atoms with E-state index in [-0.39, 0.29) is 5.88 Å². The third-order valence-electron chi connectivity index (χ3n) is 6.42. The standard InChI is InChI=1S/C32H34N2O5/c1-4-5-16-37-28-12-7-6-11-26(28)32(35)38-24-13-14-25-29(19-24)39-31(34)27(20-33)30(25)22-9-8-10-23(18-22)36-17-15-21(2)3/h6-14,18-19,21,30H,4-5,15-17,34H2,1-3H3. The highest BCUT2D eigenvalue weighted by atomic mass is 16.5. The zero-order chi connectivity index (χ0) is 27.8. The Balaban J connectivity index is 1.59.